The molecule has 0 saturated heterocycles. The van der Waals surface area contributed by atoms with Crippen molar-refractivity contribution in [1.82, 2.24) is 31.3 Å². The first kappa shape index (κ1) is 22.7. The Morgan fingerprint density at radius 3 is 2.09 bits per heavy atom. The molecule has 10 heteroatoms. The van der Waals surface area contributed by atoms with Crippen LogP contribution >= 0.6 is 0 Å². The van der Waals surface area contributed by atoms with Crippen LogP contribution in [-0.4, -0.2) is 39.4 Å². The average Bonchev–Trinajstić information content (AvgIpc) is 3.37. The lowest BCUT2D eigenvalue weighted by atomic mass is 10.1. The summed E-state index contributed by atoms with van der Waals surface area (Å²) in [7, 11) is 0. The van der Waals surface area contributed by atoms with E-state index in [9.17, 15) is 9.59 Å². The number of carbonyl (C=O) groups excluding carboxylic acids is 2. The quantitative estimate of drug-likeness (QED) is 0.392. The summed E-state index contributed by atoms with van der Waals surface area (Å²) in [5.74, 6) is 0.372. The summed E-state index contributed by atoms with van der Waals surface area (Å²) in [6.45, 7) is 0.841. The first-order valence-electron chi connectivity index (χ1n) is 10.4. The normalized spacial score (nSPS) is 11.4. The largest absolute Gasteiger partial charge is 0.445 e. The van der Waals surface area contributed by atoms with Crippen LogP contribution in [0.3, 0.4) is 0 Å². The Morgan fingerprint density at radius 2 is 1.50 bits per heavy atom. The van der Waals surface area contributed by atoms with E-state index >= 15 is 0 Å². The molecule has 0 unspecified atom stereocenters. The standard InChI is InChI=1S/C22H26N6O4/c29-21(31-15-17-9-3-1-4-10-17)23-14-8-7-13-19(20-25-27-28-26-20)24-22(30)32-16-18-11-5-2-6-12-18/h1-6,9-12,19H,7-8,13-16H2,(H,23,29)(H,24,30)(H,25,26,27,28)/t19-/m0/s1. The highest BCUT2D eigenvalue weighted by Crippen LogP contribution is 2.15. The van der Waals surface area contributed by atoms with Crippen LogP contribution in [0.15, 0.2) is 60.7 Å². The van der Waals surface area contributed by atoms with E-state index in [1.54, 1.807) is 0 Å². The van der Waals surface area contributed by atoms with Crippen LogP contribution in [0.25, 0.3) is 0 Å². The van der Waals surface area contributed by atoms with Crippen LogP contribution in [-0.2, 0) is 22.7 Å². The summed E-state index contributed by atoms with van der Waals surface area (Å²) in [6, 6.07) is 18.4. The maximum Gasteiger partial charge on any atom is 0.408 e. The van der Waals surface area contributed by atoms with E-state index in [-0.39, 0.29) is 13.2 Å². The van der Waals surface area contributed by atoms with Gasteiger partial charge in [-0.3, -0.25) is 0 Å². The van der Waals surface area contributed by atoms with E-state index in [2.05, 4.69) is 31.3 Å². The van der Waals surface area contributed by atoms with Crippen LogP contribution in [0.2, 0.25) is 0 Å². The molecule has 3 rings (SSSR count). The number of nitrogens with zero attached hydrogens (tertiary/aromatic N) is 3. The van der Waals surface area contributed by atoms with Gasteiger partial charge in [0, 0.05) is 6.54 Å². The molecule has 0 spiro atoms. The number of hydrogen-bond acceptors (Lipinski definition) is 7. The predicted molar refractivity (Wildman–Crippen MR) is 115 cm³/mol. The molecular formula is C22H26N6O4. The third-order valence-corrected chi connectivity index (χ3v) is 4.58. The molecule has 0 aliphatic heterocycles. The Morgan fingerprint density at radius 1 is 0.875 bits per heavy atom. The van der Waals surface area contributed by atoms with Crippen molar-refractivity contribution in [3.63, 3.8) is 0 Å². The molecule has 0 saturated carbocycles. The fraction of sp³-hybridized carbons (Fsp3) is 0.318. The summed E-state index contributed by atoms with van der Waals surface area (Å²) in [5.41, 5.74) is 1.82. The van der Waals surface area contributed by atoms with Gasteiger partial charge in [0.05, 0.1) is 6.04 Å². The highest BCUT2D eigenvalue weighted by molar-refractivity contribution is 5.67. The fourth-order valence-corrected chi connectivity index (χ4v) is 2.93. The van der Waals surface area contributed by atoms with Gasteiger partial charge in [0.1, 0.15) is 13.2 Å². The second kappa shape index (κ2) is 12.7. The number of H-pyrrole nitrogens is 1. The maximum atomic E-state index is 12.2. The van der Waals surface area contributed by atoms with Gasteiger partial charge in [-0.2, -0.15) is 5.21 Å². The van der Waals surface area contributed by atoms with Crippen LogP contribution in [0, 0.1) is 0 Å². The van der Waals surface area contributed by atoms with Gasteiger partial charge in [-0.15, -0.1) is 10.2 Å². The molecule has 10 nitrogen and oxygen atoms in total. The third-order valence-electron chi connectivity index (χ3n) is 4.58. The van der Waals surface area contributed by atoms with E-state index in [0.29, 0.717) is 31.6 Å². The molecule has 1 heterocycles. The van der Waals surface area contributed by atoms with E-state index in [4.69, 9.17) is 9.47 Å². The first-order valence-corrected chi connectivity index (χ1v) is 10.4. The minimum Gasteiger partial charge on any atom is -0.445 e. The van der Waals surface area contributed by atoms with Gasteiger partial charge in [-0.25, -0.2) is 9.59 Å². The minimum atomic E-state index is -0.564. The van der Waals surface area contributed by atoms with Crippen molar-refractivity contribution in [2.75, 3.05) is 6.54 Å². The van der Waals surface area contributed by atoms with E-state index in [1.165, 1.54) is 0 Å². The van der Waals surface area contributed by atoms with Crippen molar-refractivity contribution in [2.45, 2.75) is 38.5 Å². The summed E-state index contributed by atoms with van der Waals surface area (Å²) in [5, 5.41) is 19.4. The van der Waals surface area contributed by atoms with Gasteiger partial charge >= 0.3 is 12.2 Å². The van der Waals surface area contributed by atoms with Crippen LogP contribution < -0.4 is 10.6 Å². The Hall–Kier alpha value is -3.95. The number of carbonyl (C=O) groups is 2. The van der Waals surface area contributed by atoms with Crippen LogP contribution in [0.4, 0.5) is 9.59 Å². The average molecular weight is 438 g/mol. The lowest BCUT2D eigenvalue weighted by Gasteiger charge is -2.15. The number of benzene rings is 2. The van der Waals surface area contributed by atoms with Crippen molar-refractivity contribution < 1.29 is 19.1 Å². The summed E-state index contributed by atoms with van der Waals surface area (Å²) in [4.78, 5) is 24.0. The third kappa shape index (κ3) is 8.05. The van der Waals surface area contributed by atoms with E-state index < -0.39 is 18.2 Å². The number of ether oxygens (including phenoxy) is 2. The molecule has 0 aliphatic carbocycles. The number of nitrogens with one attached hydrogen (secondary N) is 3. The molecule has 0 bridgehead atoms. The molecule has 1 aromatic heterocycles. The lowest BCUT2D eigenvalue weighted by molar-refractivity contribution is 0.134. The molecule has 3 aromatic rings. The molecule has 0 radical (unpaired) electrons. The highest BCUT2D eigenvalue weighted by Gasteiger charge is 2.19. The number of hydrogen-bond donors (Lipinski definition) is 3. The Kier molecular flexibility index (Phi) is 9.01. The minimum absolute atomic E-state index is 0.167. The number of aromatic amines is 1. The number of rotatable bonds is 11. The number of aromatic nitrogens is 4. The van der Waals surface area contributed by atoms with Crippen molar-refractivity contribution in [3.05, 3.63) is 77.6 Å². The molecule has 2 aromatic carbocycles. The first-order chi connectivity index (χ1) is 15.7. The molecule has 2 amide bonds. The Bertz CT molecular complexity index is 938. The monoisotopic (exact) mass is 438 g/mol. The highest BCUT2D eigenvalue weighted by atomic mass is 16.6. The molecule has 168 valence electrons. The molecule has 0 aliphatic rings. The number of alkyl carbamates (subject to hydrolysis) is 2. The van der Waals surface area contributed by atoms with Crippen molar-refractivity contribution in [2.24, 2.45) is 0 Å². The van der Waals surface area contributed by atoms with Gasteiger partial charge in [0.15, 0.2) is 5.82 Å². The molecule has 0 fully saturated rings. The second-order valence-corrected chi connectivity index (χ2v) is 7.01. The van der Waals surface area contributed by atoms with Gasteiger partial charge in [-0.05, 0) is 30.4 Å². The Labute approximate surface area is 185 Å². The molecule has 1 atom stereocenters. The van der Waals surface area contributed by atoms with E-state index in [0.717, 1.165) is 11.1 Å². The zero-order valence-corrected chi connectivity index (χ0v) is 17.6. The van der Waals surface area contributed by atoms with E-state index in [1.807, 2.05) is 60.7 Å². The zero-order chi connectivity index (χ0) is 22.4. The van der Waals surface area contributed by atoms with Crippen molar-refractivity contribution in [1.29, 1.82) is 0 Å². The SMILES string of the molecule is O=C(NCCCC[C@H](NC(=O)OCc1ccccc1)c1nn[nH]n1)OCc1ccccc1. The van der Waals surface area contributed by atoms with Gasteiger partial charge in [0.25, 0.3) is 0 Å². The van der Waals surface area contributed by atoms with Gasteiger partial charge < -0.3 is 20.1 Å². The topological polar surface area (TPSA) is 131 Å². The van der Waals surface area contributed by atoms with Gasteiger partial charge in [-0.1, -0.05) is 65.9 Å². The van der Waals surface area contributed by atoms with Crippen LogP contribution in [0.1, 0.15) is 42.3 Å². The van der Waals surface area contributed by atoms with Crippen molar-refractivity contribution >= 4 is 12.2 Å². The summed E-state index contributed by atoms with van der Waals surface area (Å²) in [6.07, 6.45) is 0.922. The number of unbranched alkanes of at least 4 members (excludes halogenated alkanes) is 1. The predicted octanol–water partition coefficient (Wildman–Crippen LogP) is 3.26. The van der Waals surface area contributed by atoms with Crippen molar-refractivity contribution in [3.8, 4) is 0 Å². The molecular weight excluding hydrogens is 412 g/mol. The van der Waals surface area contributed by atoms with Gasteiger partial charge in [0.2, 0.25) is 0 Å². The fourth-order valence-electron chi connectivity index (χ4n) is 2.93. The summed E-state index contributed by atoms with van der Waals surface area (Å²) < 4.78 is 10.4. The number of amides is 2. The second-order valence-electron chi connectivity index (χ2n) is 7.01. The maximum absolute atomic E-state index is 12.2. The van der Waals surface area contributed by atoms with Crippen LogP contribution in [0.5, 0.6) is 0 Å². The zero-order valence-electron chi connectivity index (χ0n) is 17.6. The summed E-state index contributed by atoms with van der Waals surface area (Å²) >= 11 is 0. The lowest BCUT2D eigenvalue weighted by Crippen LogP contribution is -2.30. The Balaban J connectivity index is 1.35. The number of tetrazole rings is 1. The molecule has 32 heavy (non-hydrogen) atoms. The smallest absolute Gasteiger partial charge is 0.408 e. The molecule has 3 N–H and O–H groups in total.